The fraction of sp³-hybridized carbons (Fsp3) is 1.00. The van der Waals surface area contributed by atoms with Crippen molar-refractivity contribution in [2.24, 2.45) is 0 Å². The molecule has 0 aromatic rings. The Hall–Kier alpha value is -0.160. The summed E-state index contributed by atoms with van der Waals surface area (Å²) in [6.45, 7) is 37.9. The second-order valence-electron chi connectivity index (χ2n) is 16.8. The number of rotatable bonds is 32. The first-order chi connectivity index (χ1) is 22.8. The average molecular weight is 679 g/mol. The van der Waals surface area contributed by atoms with Crippen LogP contribution in [0.2, 0.25) is 0 Å². The van der Waals surface area contributed by atoms with E-state index in [2.05, 4.69) is 124 Å². The molecule has 0 aliphatic rings. The summed E-state index contributed by atoms with van der Waals surface area (Å²) in [5.41, 5.74) is 0.321. The third-order valence-corrected chi connectivity index (χ3v) is 12.4. The SMILES string of the molecule is CCCC(CC)N(C(CC)CC)C(C)(C)CCC(C)(CC(CCCCCNC(C)CC)NC(C)CC)N(C(CC)CC)C(CC)CCC. The average Bonchev–Trinajstić information content (AvgIpc) is 3.08. The highest BCUT2D eigenvalue weighted by atomic mass is 15.3. The molecule has 0 saturated heterocycles. The Balaban J connectivity index is 6.74. The molecule has 0 saturated carbocycles. The van der Waals surface area contributed by atoms with Gasteiger partial charge in [-0.3, -0.25) is 9.80 Å². The summed E-state index contributed by atoms with van der Waals surface area (Å²) in [4.78, 5) is 6.14. The van der Waals surface area contributed by atoms with E-state index in [-0.39, 0.29) is 11.1 Å². The number of hydrogen-bond donors (Lipinski definition) is 2. The minimum Gasteiger partial charge on any atom is -0.314 e. The van der Waals surface area contributed by atoms with Crippen LogP contribution in [0.25, 0.3) is 0 Å². The fourth-order valence-electron chi connectivity index (χ4n) is 9.10. The molecule has 0 heterocycles. The van der Waals surface area contributed by atoms with E-state index < -0.39 is 0 Å². The van der Waals surface area contributed by atoms with E-state index in [4.69, 9.17) is 0 Å². The van der Waals surface area contributed by atoms with Gasteiger partial charge in [-0.1, -0.05) is 94.9 Å². The van der Waals surface area contributed by atoms with Crippen molar-refractivity contribution in [3.8, 4) is 0 Å². The summed E-state index contributed by atoms with van der Waals surface area (Å²) < 4.78 is 0. The minimum absolute atomic E-state index is 0.152. The monoisotopic (exact) mass is 679 g/mol. The van der Waals surface area contributed by atoms with Crippen molar-refractivity contribution in [1.29, 1.82) is 0 Å². The lowest BCUT2D eigenvalue weighted by molar-refractivity contribution is -0.0390. The molecule has 0 aromatic heterocycles. The van der Waals surface area contributed by atoms with Crippen molar-refractivity contribution in [2.75, 3.05) is 6.54 Å². The second-order valence-corrected chi connectivity index (χ2v) is 16.8. The third-order valence-electron chi connectivity index (χ3n) is 12.4. The highest BCUT2D eigenvalue weighted by Crippen LogP contribution is 2.40. The summed E-state index contributed by atoms with van der Waals surface area (Å²) in [5.74, 6) is 0. The highest BCUT2D eigenvalue weighted by molar-refractivity contribution is 5.00. The van der Waals surface area contributed by atoms with Gasteiger partial charge in [-0.2, -0.15) is 0 Å². The van der Waals surface area contributed by atoms with Crippen LogP contribution in [0.3, 0.4) is 0 Å². The van der Waals surface area contributed by atoms with E-state index in [0.29, 0.717) is 42.3 Å². The second kappa shape index (κ2) is 26.6. The van der Waals surface area contributed by atoms with E-state index in [1.165, 1.54) is 122 Å². The zero-order valence-corrected chi connectivity index (χ0v) is 36.1. The zero-order valence-electron chi connectivity index (χ0n) is 36.1. The van der Waals surface area contributed by atoms with Gasteiger partial charge in [0.25, 0.3) is 0 Å². The van der Waals surface area contributed by atoms with Gasteiger partial charge in [0.05, 0.1) is 0 Å². The van der Waals surface area contributed by atoms with Crippen molar-refractivity contribution in [3.63, 3.8) is 0 Å². The van der Waals surface area contributed by atoms with Crippen LogP contribution >= 0.6 is 0 Å². The van der Waals surface area contributed by atoms with E-state index in [9.17, 15) is 0 Å². The first-order valence-corrected chi connectivity index (χ1v) is 21.9. The fourth-order valence-corrected chi connectivity index (χ4v) is 9.10. The molecule has 0 aromatic carbocycles. The van der Waals surface area contributed by atoms with Crippen LogP contribution in [0.5, 0.6) is 0 Å². The number of hydrogen-bond acceptors (Lipinski definition) is 4. The van der Waals surface area contributed by atoms with Crippen LogP contribution in [0.4, 0.5) is 0 Å². The van der Waals surface area contributed by atoms with Gasteiger partial charge in [-0.05, 0) is 137 Å². The van der Waals surface area contributed by atoms with Gasteiger partial charge in [0, 0.05) is 53.4 Å². The Morgan fingerprint density at radius 3 is 1.44 bits per heavy atom. The Labute approximate surface area is 305 Å². The summed E-state index contributed by atoms with van der Waals surface area (Å²) in [6.07, 6.45) is 24.1. The molecular formula is C44H94N4. The van der Waals surface area contributed by atoms with E-state index in [1.807, 2.05) is 0 Å². The molecule has 6 unspecified atom stereocenters. The first kappa shape index (κ1) is 47.8. The summed E-state index contributed by atoms with van der Waals surface area (Å²) in [5, 5.41) is 7.93. The van der Waals surface area contributed by atoms with E-state index in [0.717, 1.165) is 6.54 Å². The Kier molecular flexibility index (Phi) is 26.5. The normalized spacial score (nSPS) is 17.3. The predicted molar refractivity (Wildman–Crippen MR) is 220 cm³/mol. The highest BCUT2D eigenvalue weighted by Gasteiger charge is 2.43. The Morgan fingerprint density at radius 1 is 0.500 bits per heavy atom. The van der Waals surface area contributed by atoms with Crippen molar-refractivity contribution in [2.45, 2.75) is 279 Å². The molecule has 4 heteroatoms. The Morgan fingerprint density at radius 2 is 0.979 bits per heavy atom. The topological polar surface area (TPSA) is 30.5 Å². The van der Waals surface area contributed by atoms with Gasteiger partial charge < -0.3 is 10.6 Å². The van der Waals surface area contributed by atoms with Crippen LogP contribution in [0.1, 0.15) is 226 Å². The van der Waals surface area contributed by atoms with E-state index >= 15 is 0 Å². The van der Waals surface area contributed by atoms with Crippen molar-refractivity contribution >= 4 is 0 Å². The molecule has 0 fully saturated rings. The van der Waals surface area contributed by atoms with E-state index in [1.54, 1.807) is 0 Å². The summed E-state index contributed by atoms with van der Waals surface area (Å²) in [7, 11) is 0. The van der Waals surface area contributed by atoms with Crippen LogP contribution < -0.4 is 10.6 Å². The standard InChI is InChI=1S/C44H94N4/c1-16-29-41(24-9)47(39(20-5)21-6)43(13,14)32-33-44(15,48(40(22-7)23-8)42(25-10)30-17-2)35-38(46-37(12)19-4)31-27-26-28-34-45-36(11)18-3/h36-42,45-46H,16-35H2,1-15H3. The molecule has 0 aliphatic heterocycles. The van der Waals surface area contributed by atoms with Gasteiger partial charge in [0.2, 0.25) is 0 Å². The Bertz CT molecular complexity index is 731. The molecular weight excluding hydrogens is 585 g/mol. The van der Waals surface area contributed by atoms with Crippen molar-refractivity contribution in [1.82, 2.24) is 20.4 Å². The van der Waals surface area contributed by atoms with Gasteiger partial charge in [0.1, 0.15) is 0 Å². The van der Waals surface area contributed by atoms with Crippen LogP contribution in [-0.4, -0.2) is 69.7 Å². The first-order valence-electron chi connectivity index (χ1n) is 21.9. The lowest BCUT2D eigenvalue weighted by Crippen LogP contribution is -2.60. The number of unbranched alkanes of at least 4 members (excludes halogenated alkanes) is 2. The maximum Gasteiger partial charge on any atom is 0.0202 e. The smallest absolute Gasteiger partial charge is 0.0202 e. The van der Waals surface area contributed by atoms with Gasteiger partial charge in [-0.25, -0.2) is 0 Å². The molecule has 6 atom stereocenters. The lowest BCUT2D eigenvalue weighted by Gasteiger charge is -2.54. The van der Waals surface area contributed by atoms with Crippen molar-refractivity contribution < 1.29 is 0 Å². The number of nitrogens with zero attached hydrogens (tertiary/aromatic N) is 2. The van der Waals surface area contributed by atoms with Crippen LogP contribution in [0, 0.1) is 0 Å². The lowest BCUT2D eigenvalue weighted by atomic mass is 9.77. The van der Waals surface area contributed by atoms with Crippen LogP contribution in [-0.2, 0) is 0 Å². The molecule has 2 N–H and O–H groups in total. The summed E-state index contributed by atoms with van der Waals surface area (Å²) >= 11 is 0. The van der Waals surface area contributed by atoms with Gasteiger partial charge in [-0.15, -0.1) is 0 Å². The molecule has 290 valence electrons. The number of nitrogens with one attached hydrogen (secondary N) is 2. The molecule has 0 spiro atoms. The zero-order chi connectivity index (χ0) is 36.8. The molecule has 0 aliphatic carbocycles. The molecule has 0 amide bonds. The maximum atomic E-state index is 4.21. The largest absolute Gasteiger partial charge is 0.314 e. The van der Waals surface area contributed by atoms with Gasteiger partial charge in [0.15, 0.2) is 0 Å². The molecule has 4 nitrogen and oxygen atoms in total. The summed E-state index contributed by atoms with van der Waals surface area (Å²) in [6, 6.07) is 4.39. The quantitative estimate of drug-likeness (QED) is 0.0693. The molecule has 48 heavy (non-hydrogen) atoms. The van der Waals surface area contributed by atoms with Crippen LogP contribution in [0.15, 0.2) is 0 Å². The third kappa shape index (κ3) is 16.5. The van der Waals surface area contributed by atoms with Crippen molar-refractivity contribution in [3.05, 3.63) is 0 Å². The maximum absolute atomic E-state index is 4.21. The molecule has 0 radical (unpaired) electrons. The minimum atomic E-state index is 0.152. The predicted octanol–water partition coefficient (Wildman–Crippen LogP) is 12.5. The van der Waals surface area contributed by atoms with Gasteiger partial charge >= 0.3 is 0 Å². The molecule has 0 rings (SSSR count). The molecule has 0 bridgehead atoms.